The molecule has 0 heterocycles. The minimum absolute atomic E-state index is 0.0469. The molecular formula is C10H18N2O. The number of amides is 1. The van der Waals surface area contributed by atoms with Crippen LogP contribution in [0.3, 0.4) is 0 Å². The third-order valence-corrected chi connectivity index (χ3v) is 3.25. The lowest BCUT2D eigenvalue weighted by Crippen LogP contribution is -2.49. The maximum atomic E-state index is 11.1. The fourth-order valence-electron chi connectivity index (χ4n) is 1.89. The van der Waals surface area contributed by atoms with E-state index < -0.39 is 0 Å². The minimum Gasteiger partial charge on any atom is -0.368 e. The van der Waals surface area contributed by atoms with E-state index in [0.717, 1.165) is 12.5 Å². The zero-order chi connectivity index (χ0) is 9.26. The molecular weight excluding hydrogens is 164 g/mol. The molecule has 0 aromatic heterocycles. The molecule has 2 aliphatic carbocycles. The van der Waals surface area contributed by atoms with Crippen LogP contribution in [-0.2, 0) is 4.79 Å². The van der Waals surface area contributed by atoms with Gasteiger partial charge in [-0.1, -0.05) is 6.42 Å². The summed E-state index contributed by atoms with van der Waals surface area (Å²) in [4.78, 5) is 11.1. The number of nitrogens with two attached hydrogens (primary N) is 1. The monoisotopic (exact) mass is 182 g/mol. The zero-order valence-electron chi connectivity index (χ0n) is 7.96. The Balaban J connectivity index is 1.77. The summed E-state index contributed by atoms with van der Waals surface area (Å²) >= 11 is 0. The molecule has 0 spiro atoms. The van der Waals surface area contributed by atoms with Gasteiger partial charge in [0.25, 0.3) is 0 Å². The quantitative estimate of drug-likeness (QED) is 0.655. The number of hydrogen-bond acceptors (Lipinski definition) is 2. The highest BCUT2D eigenvalue weighted by Crippen LogP contribution is 2.31. The Bertz CT molecular complexity index is 197. The highest BCUT2D eigenvalue weighted by atomic mass is 16.1. The Morgan fingerprint density at radius 1 is 1.38 bits per heavy atom. The number of nitrogens with one attached hydrogen (secondary N) is 1. The average Bonchev–Trinajstić information content (AvgIpc) is 2.75. The van der Waals surface area contributed by atoms with Gasteiger partial charge in [0, 0.05) is 0 Å². The van der Waals surface area contributed by atoms with Crippen LogP contribution in [0, 0.1) is 11.8 Å². The van der Waals surface area contributed by atoms with Crippen LogP contribution in [0.1, 0.15) is 32.1 Å². The molecule has 1 unspecified atom stereocenters. The van der Waals surface area contributed by atoms with Crippen molar-refractivity contribution in [1.82, 2.24) is 5.32 Å². The molecule has 2 rings (SSSR count). The van der Waals surface area contributed by atoms with Crippen molar-refractivity contribution in [3.8, 4) is 0 Å². The largest absolute Gasteiger partial charge is 0.368 e. The van der Waals surface area contributed by atoms with E-state index in [4.69, 9.17) is 5.73 Å². The van der Waals surface area contributed by atoms with Gasteiger partial charge in [0.1, 0.15) is 0 Å². The molecule has 0 saturated heterocycles. The van der Waals surface area contributed by atoms with E-state index in [9.17, 15) is 4.79 Å². The second-order valence-electron chi connectivity index (χ2n) is 4.42. The molecule has 2 fully saturated rings. The zero-order valence-corrected chi connectivity index (χ0v) is 7.96. The van der Waals surface area contributed by atoms with E-state index in [-0.39, 0.29) is 11.9 Å². The Hall–Kier alpha value is -0.570. The van der Waals surface area contributed by atoms with Crippen molar-refractivity contribution in [2.45, 2.75) is 38.1 Å². The summed E-state index contributed by atoms with van der Waals surface area (Å²) in [5, 5.41) is 3.31. The topological polar surface area (TPSA) is 55.1 Å². The standard InChI is InChI=1S/C10H18N2O/c11-10(13)9(8-2-1-3-8)12-6-7-4-5-7/h7-9,12H,1-6H2,(H2,11,13). The lowest BCUT2D eigenvalue weighted by Gasteiger charge is -2.32. The Morgan fingerprint density at radius 3 is 2.46 bits per heavy atom. The predicted molar refractivity (Wildman–Crippen MR) is 51.1 cm³/mol. The van der Waals surface area contributed by atoms with Gasteiger partial charge in [-0.15, -0.1) is 0 Å². The van der Waals surface area contributed by atoms with Crippen LogP contribution < -0.4 is 11.1 Å². The van der Waals surface area contributed by atoms with Crippen LogP contribution in [-0.4, -0.2) is 18.5 Å². The van der Waals surface area contributed by atoms with Crippen molar-refractivity contribution < 1.29 is 4.79 Å². The molecule has 0 aromatic rings. The van der Waals surface area contributed by atoms with Crippen LogP contribution in [0.15, 0.2) is 0 Å². The normalized spacial score (nSPS) is 25.2. The Morgan fingerprint density at radius 2 is 2.08 bits per heavy atom. The minimum atomic E-state index is -0.162. The summed E-state index contributed by atoms with van der Waals surface area (Å²) in [6.45, 7) is 0.990. The molecule has 0 bridgehead atoms. The van der Waals surface area contributed by atoms with Crippen LogP contribution in [0.4, 0.5) is 0 Å². The van der Waals surface area contributed by atoms with Crippen molar-refractivity contribution >= 4 is 5.91 Å². The summed E-state index contributed by atoms with van der Waals surface area (Å²) in [6.07, 6.45) is 6.25. The van der Waals surface area contributed by atoms with Gasteiger partial charge in [-0.3, -0.25) is 4.79 Å². The first-order chi connectivity index (χ1) is 6.27. The molecule has 3 nitrogen and oxygen atoms in total. The molecule has 1 amide bonds. The Kier molecular flexibility index (Phi) is 2.54. The summed E-state index contributed by atoms with van der Waals surface area (Å²) in [5.74, 6) is 1.18. The first-order valence-corrected chi connectivity index (χ1v) is 5.30. The van der Waals surface area contributed by atoms with Crippen LogP contribution in [0.25, 0.3) is 0 Å². The Labute approximate surface area is 79.1 Å². The van der Waals surface area contributed by atoms with Crippen LogP contribution >= 0.6 is 0 Å². The summed E-state index contributed by atoms with van der Waals surface area (Å²) in [7, 11) is 0. The second-order valence-corrected chi connectivity index (χ2v) is 4.42. The van der Waals surface area contributed by atoms with Crippen molar-refractivity contribution in [2.24, 2.45) is 17.6 Å². The van der Waals surface area contributed by atoms with Gasteiger partial charge in [0.2, 0.25) is 5.91 Å². The van der Waals surface area contributed by atoms with Gasteiger partial charge in [0.15, 0.2) is 0 Å². The van der Waals surface area contributed by atoms with Gasteiger partial charge in [0.05, 0.1) is 6.04 Å². The van der Waals surface area contributed by atoms with E-state index >= 15 is 0 Å². The van der Waals surface area contributed by atoms with E-state index in [1.165, 1.54) is 32.1 Å². The lowest BCUT2D eigenvalue weighted by atomic mass is 9.79. The fourth-order valence-corrected chi connectivity index (χ4v) is 1.89. The average molecular weight is 182 g/mol. The molecule has 0 aliphatic heterocycles. The number of carbonyl (C=O) groups excluding carboxylic acids is 1. The van der Waals surface area contributed by atoms with Crippen LogP contribution in [0.2, 0.25) is 0 Å². The summed E-state index contributed by atoms with van der Waals surface area (Å²) < 4.78 is 0. The summed E-state index contributed by atoms with van der Waals surface area (Å²) in [5.41, 5.74) is 5.35. The van der Waals surface area contributed by atoms with Crippen molar-refractivity contribution in [2.75, 3.05) is 6.54 Å². The van der Waals surface area contributed by atoms with Crippen LogP contribution in [0.5, 0.6) is 0 Å². The molecule has 2 saturated carbocycles. The number of carbonyl (C=O) groups is 1. The number of rotatable bonds is 5. The lowest BCUT2D eigenvalue weighted by molar-refractivity contribution is -0.122. The molecule has 3 heteroatoms. The molecule has 1 atom stereocenters. The maximum Gasteiger partial charge on any atom is 0.234 e. The molecule has 0 aromatic carbocycles. The molecule has 0 radical (unpaired) electrons. The predicted octanol–water partition coefficient (Wildman–Crippen LogP) is 0.640. The number of primary amides is 1. The third kappa shape index (κ3) is 2.21. The third-order valence-electron chi connectivity index (χ3n) is 3.25. The highest BCUT2D eigenvalue weighted by Gasteiger charge is 2.32. The summed E-state index contributed by atoms with van der Waals surface area (Å²) in [6, 6.07) is -0.0469. The van der Waals surface area contributed by atoms with E-state index in [2.05, 4.69) is 5.32 Å². The van der Waals surface area contributed by atoms with E-state index in [1.807, 2.05) is 0 Å². The SMILES string of the molecule is NC(=O)C(NCC1CC1)C1CCC1. The van der Waals surface area contributed by atoms with Crippen molar-refractivity contribution in [3.05, 3.63) is 0 Å². The van der Waals surface area contributed by atoms with Gasteiger partial charge < -0.3 is 11.1 Å². The number of hydrogen-bond donors (Lipinski definition) is 2. The molecule has 2 aliphatic rings. The fraction of sp³-hybridized carbons (Fsp3) is 0.900. The van der Waals surface area contributed by atoms with Crippen molar-refractivity contribution in [1.29, 1.82) is 0 Å². The smallest absolute Gasteiger partial charge is 0.234 e. The van der Waals surface area contributed by atoms with Gasteiger partial charge in [-0.2, -0.15) is 0 Å². The maximum absolute atomic E-state index is 11.1. The van der Waals surface area contributed by atoms with Gasteiger partial charge in [-0.25, -0.2) is 0 Å². The first kappa shape index (κ1) is 9.00. The molecule has 13 heavy (non-hydrogen) atoms. The molecule has 3 N–H and O–H groups in total. The first-order valence-electron chi connectivity index (χ1n) is 5.30. The second kappa shape index (κ2) is 3.66. The van der Waals surface area contributed by atoms with Crippen molar-refractivity contribution in [3.63, 3.8) is 0 Å². The van der Waals surface area contributed by atoms with E-state index in [0.29, 0.717) is 5.92 Å². The van der Waals surface area contributed by atoms with Gasteiger partial charge in [-0.05, 0) is 44.1 Å². The van der Waals surface area contributed by atoms with Gasteiger partial charge >= 0.3 is 0 Å². The highest BCUT2D eigenvalue weighted by molar-refractivity contribution is 5.80. The molecule has 74 valence electrons. The van der Waals surface area contributed by atoms with E-state index in [1.54, 1.807) is 0 Å².